The number of hydrogen-bond acceptors (Lipinski definition) is 2. The van der Waals surface area contributed by atoms with E-state index in [0.29, 0.717) is 5.57 Å². The van der Waals surface area contributed by atoms with Crippen LogP contribution in [0.15, 0.2) is 11.6 Å². The summed E-state index contributed by atoms with van der Waals surface area (Å²) >= 11 is 0. The van der Waals surface area contributed by atoms with Crippen molar-refractivity contribution in [3.8, 4) is 0 Å². The average Bonchev–Trinajstić information content (AvgIpc) is 2.01. The van der Waals surface area contributed by atoms with Gasteiger partial charge in [-0.15, -0.1) is 0 Å². The molecule has 0 bridgehead atoms. The number of hydrogen-bond donors (Lipinski definition) is 2. The molecule has 0 aliphatic carbocycles. The first-order chi connectivity index (χ1) is 6.62. The van der Waals surface area contributed by atoms with E-state index >= 15 is 0 Å². The Hall–Kier alpha value is -0.830. The van der Waals surface area contributed by atoms with Gasteiger partial charge in [-0.05, 0) is 41.0 Å². The number of aliphatic hydroxyl groups is 1. The molecular formula is C12H23NO2. The van der Waals surface area contributed by atoms with Gasteiger partial charge >= 0.3 is 0 Å². The van der Waals surface area contributed by atoms with Gasteiger partial charge in [0.05, 0.1) is 11.1 Å². The quantitative estimate of drug-likeness (QED) is 0.702. The van der Waals surface area contributed by atoms with Crippen molar-refractivity contribution >= 4 is 5.91 Å². The minimum absolute atomic E-state index is 0.121. The van der Waals surface area contributed by atoms with Gasteiger partial charge in [-0.3, -0.25) is 4.79 Å². The van der Waals surface area contributed by atoms with Crippen molar-refractivity contribution in [2.45, 2.75) is 59.1 Å². The minimum Gasteiger partial charge on any atom is -0.388 e. The fourth-order valence-electron chi connectivity index (χ4n) is 0.934. The van der Waals surface area contributed by atoms with Crippen LogP contribution in [-0.2, 0) is 4.79 Å². The van der Waals surface area contributed by atoms with Crippen LogP contribution in [0, 0.1) is 0 Å². The molecule has 0 aliphatic rings. The van der Waals surface area contributed by atoms with E-state index in [-0.39, 0.29) is 5.91 Å². The SMILES string of the molecule is CC/C=C(/C)C(=O)NC(C)(C)C(C)(C)O. The Morgan fingerprint density at radius 2 is 1.80 bits per heavy atom. The second-order valence-electron chi connectivity index (χ2n) is 4.93. The second-order valence-corrected chi connectivity index (χ2v) is 4.93. The molecule has 0 radical (unpaired) electrons. The van der Waals surface area contributed by atoms with Crippen LogP contribution in [0.5, 0.6) is 0 Å². The summed E-state index contributed by atoms with van der Waals surface area (Å²) in [5.74, 6) is -0.121. The lowest BCUT2D eigenvalue weighted by molar-refractivity contribution is -0.122. The molecule has 0 aromatic rings. The van der Waals surface area contributed by atoms with Crippen LogP contribution >= 0.6 is 0 Å². The molecule has 0 fully saturated rings. The first-order valence-electron chi connectivity index (χ1n) is 5.33. The fraction of sp³-hybridized carbons (Fsp3) is 0.750. The van der Waals surface area contributed by atoms with Crippen molar-refractivity contribution in [2.24, 2.45) is 0 Å². The van der Waals surface area contributed by atoms with Gasteiger partial charge < -0.3 is 10.4 Å². The first-order valence-corrected chi connectivity index (χ1v) is 5.33. The summed E-state index contributed by atoms with van der Waals surface area (Å²) in [7, 11) is 0. The highest BCUT2D eigenvalue weighted by molar-refractivity contribution is 5.93. The Balaban J connectivity index is 4.62. The Labute approximate surface area is 92.6 Å². The molecule has 3 heteroatoms. The molecule has 3 nitrogen and oxygen atoms in total. The normalized spacial score (nSPS) is 13.9. The summed E-state index contributed by atoms with van der Waals surface area (Å²) in [5, 5.41) is 12.7. The highest BCUT2D eigenvalue weighted by atomic mass is 16.3. The van der Waals surface area contributed by atoms with Gasteiger partial charge in [-0.25, -0.2) is 0 Å². The summed E-state index contributed by atoms with van der Waals surface area (Å²) in [5.41, 5.74) is -0.906. The molecule has 0 saturated heterocycles. The summed E-state index contributed by atoms with van der Waals surface area (Å²) in [6.07, 6.45) is 2.71. The number of carbonyl (C=O) groups is 1. The van der Waals surface area contributed by atoms with Crippen molar-refractivity contribution in [1.29, 1.82) is 0 Å². The van der Waals surface area contributed by atoms with Gasteiger partial charge in [-0.1, -0.05) is 13.0 Å². The molecule has 0 rings (SSSR count). The minimum atomic E-state index is -0.949. The molecule has 0 aliphatic heterocycles. The predicted molar refractivity (Wildman–Crippen MR) is 62.6 cm³/mol. The van der Waals surface area contributed by atoms with Crippen LogP contribution in [-0.4, -0.2) is 22.2 Å². The van der Waals surface area contributed by atoms with Crippen LogP contribution in [0.3, 0.4) is 0 Å². The molecule has 0 aromatic carbocycles. The molecular weight excluding hydrogens is 190 g/mol. The van der Waals surface area contributed by atoms with E-state index in [9.17, 15) is 9.90 Å². The standard InChI is InChI=1S/C12H23NO2/c1-7-8-9(2)10(14)13-11(3,4)12(5,6)15/h8,15H,7H2,1-6H3,(H,13,14)/b9-8-. The Morgan fingerprint density at radius 3 is 2.13 bits per heavy atom. The number of rotatable bonds is 4. The van der Waals surface area contributed by atoms with Crippen molar-refractivity contribution < 1.29 is 9.90 Å². The zero-order valence-corrected chi connectivity index (χ0v) is 10.6. The Morgan fingerprint density at radius 1 is 1.33 bits per heavy atom. The average molecular weight is 213 g/mol. The lowest BCUT2D eigenvalue weighted by Crippen LogP contribution is -2.57. The Kier molecular flexibility index (Phi) is 4.53. The van der Waals surface area contributed by atoms with Gasteiger partial charge in [0.15, 0.2) is 0 Å². The van der Waals surface area contributed by atoms with Gasteiger partial charge in [-0.2, -0.15) is 0 Å². The summed E-state index contributed by atoms with van der Waals surface area (Å²) < 4.78 is 0. The zero-order valence-electron chi connectivity index (χ0n) is 10.6. The fourth-order valence-corrected chi connectivity index (χ4v) is 0.934. The summed E-state index contributed by atoms with van der Waals surface area (Å²) in [6, 6.07) is 0. The number of amides is 1. The molecule has 0 unspecified atom stereocenters. The van der Waals surface area contributed by atoms with Crippen molar-refractivity contribution in [1.82, 2.24) is 5.32 Å². The van der Waals surface area contributed by atoms with Gasteiger partial charge in [0.1, 0.15) is 0 Å². The van der Waals surface area contributed by atoms with E-state index in [2.05, 4.69) is 5.32 Å². The molecule has 1 amide bonds. The lowest BCUT2D eigenvalue weighted by atomic mass is 9.86. The van der Waals surface area contributed by atoms with Crippen LogP contribution < -0.4 is 5.32 Å². The van der Waals surface area contributed by atoms with Gasteiger partial charge in [0.25, 0.3) is 0 Å². The molecule has 88 valence electrons. The van der Waals surface area contributed by atoms with Crippen molar-refractivity contribution in [2.75, 3.05) is 0 Å². The molecule has 2 N–H and O–H groups in total. The van der Waals surface area contributed by atoms with Crippen LogP contribution in [0.4, 0.5) is 0 Å². The first kappa shape index (κ1) is 14.2. The van der Waals surface area contributed by atoms with E-state index in [1.54, 1.807) is 20.8 Å². The van der Waals surface area contributed by atoms with E-state index in [0.717, 1.165) is 6.42 Å². The maximum atomic E-state index is 11.7. The van der Waals surface area contributed by atoms with Gasteiger partial charge in [0, 0.05) is 5.57 Å². The lowest BCUT2D eigenvalue weighted by Gasteiger charge is -2.38. The molecule has 0 heterocycles. The van der Waals surface area contributed by atoms with E-state index in [1.807, 2.05) is 26.8 Å². The van der Waals surface area contributed by atoms with E-state index in [1.165, 1.54) is 0 Å². The van der Waals surface area contributed by atoms with Crippen LogP contribution in [0.1, 0.15) is 48.0 Å². The number of nitrogens with one attached hydrogen (secondary N) is 1. The number of allylic oxidation sites excluding steroid dienone is 1. The molecule has 0 spiro atoms. The third kappa shape index (κ3) is 4.04. The third-order valence-electron chi connectivity index (χ3n) is 2.82. The van der Waals surface area contributed by atoms with Crippen LogP contribution in [0.25, 0.3) is 0 Å². The van der Waals surface area contributed by atoms with E-state index < -0.39 is 11.1 Å². The topological polar surface area (TPSA) is 49.3 Å². The highest BCUT2D eigenvalue weighted by Gasteiger charge is 2.36. The molecule has 0 aromatic heterocycles. The monoisotopic (exact) mass is 213 g/mol. The Bertz CT molecular complexity index is 259. The van der Waals surface area contributed by atoms with Crippen molar-refractivity contribution in [3.05, 3.63) is 11.6 Å². The highest BCUT2D eigenvalue weighted by Crippen LogP contribution is 2.20. The number of carbonyl (C=O) groups excluding carboxylic acids is 1. The van der Waals surface area contributed by atoms with Gasteiger partial charge in [0.2, 0.25) is 5.91 Å². The largest absolute Gasteiger partial charge is 0.388 e. The van der Waals surface area contributed by atoms with E-state index in [4.69, 9.17) is 0 Å². The smallest absolute Gasteiger partial charge is 0.247 e. The summed E-state index contributed by atoms with van der Waals surface area (Å²) in [6.45, 7) is 10.8. The maximum Gasteiger partial charge on any atom is 0.247 e. The summed E-state index contributed by atoms with van der Waals surface area (Å²) in [4.78, 5) is 11.7. The second kappa shape index (κ2) is 4.79. The third-order valence-corrected chi connectivity index (χ3v) is 2.82. The van der Waals surface area contributed by atoms with Crippen molar-refractivity contribution in [3.63, 3.8) is 0 Å². The molecule has 0 saturated carbocycles. The predicted octanol–water partition coefficient (Wildman–Crippen LogP) is 2.01. The molecule has 15 heavy (non-hydrogen) atoms. The maximum absolute atomic E-state index is 11.7. The zero-order chi connectivity index (χ0) is 12.3. The molecule has 0 atom stereocenters. The van der Waals surface area contributed by atoms with Crippen LogP contribution in [0.2, 0.25) is 0 Å².